The smallest absolute Gasteiger partial charge is 0.287 e. The molecule has 0 radical (unpaired) electrons. The Morgan fingerprint density at radius 3 is 2.75 bits per heavy atom. The van der Waals surface area contributed by atoms with Gasteiger partial charge in [-0.1, -0.05) is 13.8 Å². The number of nitrogens with one attached hydrogen (secondary N) is 1. The summed E-state index contributed by atoms with van der Waals surface area (Å²) in [4.78, 5) is 26.7. The molecule has 2 aromatic heterocycles. The van der Waals surface area contributed by atoms with E-state index in [1.165, 1.54) is 0 Å². The number of furan rings is 1. The molecule has 2 amide bonds. The van der Waals surface area contributed by atoms with Gasteiger partial charge in [-0.2, -0.15) is 0 Å². The number of rotatable bonds is 10. The summed E-state index contributed by atoms with van der Waals surface area (Å²) in [5.41, 5.74) is 1.07. The van der Waals surface area contributed by atoms with Crippen LogP contribution in [0.5, 0.6) is 0 Å². The van der Waals surface area contributed by atoms with Crippen LogP contribution in [-0.4, -0.2) is 33.9 Å². The van der Waals surface area contributed by atoms with Crippen molar-refractivity contribution in [2.75, 3.05) is 6.54 Å². The van der Waals surface area contributed by atoms with E-state index in [-0.39, 0.29) is 23.8 Å². The van der Waals surface area contributed by atoms with Crippen molar-refractivity contribution in [2.45, 2.75) is 65.6 Å². The van der Waals surface area contributed by atoms with E-state index >= 15 is 0 Å². The van der Waals surface area contributed by atoms with Gasteiger partial charge in [0.05, 0.1) is 13.1 Å². The molecule has 0 spiro atoms. The zero-order valence-corrected chi connectivity index (χ0v) is 17.1. The molecule has 0 aliphatic heterocycles. The first-order valence-electron chi connectivity index (χ1n) is 10.3. The molecule has 0 aromatic carbocycles. The fourth-order valence-corrected chi connectivity index (χ4v) is 3.22. The third kappa shape index (κ3) is 5.06. The fourth-order valence-electron chi connectivity index (χ4n) is 3.22. The van der Waals surface area contributed by atoms with Gasteiger partial charge in [0.1, 0.15) is 5.76 Å². The first kappa shape index (κ1) is 20.2. The molecule has 2 heterocycles. The van der Waals surface area contributed by atoms with Crippen LogP contribution in [0.25, 0.3) is 0 Å². The number of amides is 2. The highest BCUT2D eigenvalue weighted by atomic mass is 16.4. The second-order valence-electron chi connectivity index (χ2n) is 7.71. The number of hydrogen-bond acceptors (Lipinski definition) is 3. The van der Waals surface area contributed by atoms with Crippen molar-refractivity contribution >= 4 is 11.8 Å². The minimum Gasteiger partial charge on any atom is -0.454 e. The van der Waals surface area contributed by atoms with Crippen LogP contribution in [0.1, 0.15) is 68.5 Å². The molecule has 152 valence electrons. The van der Waals surface area contributed by atoms with Crippen molar-refractivity contribution in [3.05, 3.63) is 47.7 Å². The van der Waals surface area contributed by atoms with Crippen molar-refractivity contribution in [1.82, 2.24) is 14.8 Å². The third-order valence-corrected chi connectivity index (χ3v) is 5.21. The normalized spacial score (nSPS) is 14.7. The Kier molecular flexibility index (Phi) is 6.60. The quantitative estimate of drug-likeness (QED) is 0.676. The highest BCUT2D eigenvalue weighted by Gasteiger charge is 2.33. The highest BCUT2D eigenvalue weighted by Crippen LogP contribution is 2.31. The summed E-state index contributed by atoms with van der Waals surface area (Å²) < 4.78 is 7.84. The van der Waals surface area contributed by atoms with Crippen molar-refractivity contribution in [3.8, 4) is 0 Å². The maximum Gasteiger partial charge on any atom is 0.287 e. The molecule has 6 heteroatoms. The molecule has 28 heavy (non-hydrogen) atoms. The molecule has 2 aromatic rings. The molecule has 0 bridgehead atoms. The lowest BCUT2D eigenvalue weighted by Gasteiger charge is -2.23. The molecule has 1 aliphatic carbocycles. The first-order chi connectivity index (χ1) is 13.5. The molecule has 1 saturated carbocycles. The molecular formula is C22H31N3O3. The van der Waals surface area contributed by atoms with E-state index in [1.807, 2.05) is 43.1 Å². The molecule has 0 saturated heterocycles. The predicted molar refractivity (Wildman–Crippen MR) is 108 cm³/mol. The average molecular weight is 386 g/mol. The van der Waals surface area contributed by atoms with Gasteiger partial charge in [-0.3, -0.25) is 9.59 Å². The van der Waals surface area contributed by atoms with E-state index < -0.39 is 0 Å². The summed E-state index contributed by atoms with van der Waals surface area (Å²) in [5.74, 6) is 1.38. The summed E-state index contributed by atoms with van der Waals surface area (Å²) in [6.45, 7) is 8.03. The zero-order chi connectivity index (χ0) is 20.1. The number of aromatic nitrogens is 1. The van der Waals surface area contributed by atoms with Crippen LogP contribution in [0, 0.1) is 5.92 Å². The van der Waals surface area contributed by atoms with Crippen molar-refractivity contribution in [3.63, 3.8) is 0 Å². The molecule has 1 N–H and O–H groups in total. The minimum atomic E-state index is -0.183. The topological polar surface area (TPSA) is 67.5 Å². The van der Waals surface area contributed by atoms with Crippen LogP contribution in [0.2, 0.25) is 0 Å². The van der Waals surface area contributed by atoms with E-state index in [0.29, 0.717) is 18.8 Å². The summed E-state index contributed by atoms with van der Waals surface area (Å²) in [6, 6.07) is 7.71. The van der Waals surface area contributed by atoms with Gasteiger partial charge >= 0.3 is 0 Å². The van der Waals surface area contributed by atoms with Gasteiger partial charge in [-0.05, 0) is 56.9 Å². The lowest BCUT2D eigenvalue weighted by molar-refractivity contribution is -0.133. The van der Waals surface area contributed by atoms with Crippen molar-refractivity contribution in [2.24, 2.45) is 5.92 Å². The maximum atomic E-state index is 12.5. The maximum absolute atomic E-state index is 12.5. The zero-order valence-electron chi connectivity index (χ0n) is 17.1. The van der Waals surface area contributed by atoms with Crippen LogP contribution in [0.3, 0.4) is 0 Å². The molecule has 1 fully saturated rings. The van der Waals surface area contributed by atoms with E-state index in [9.17, 15) is 9.59 Å². The van der Waals surface area contributed by atoms with Crippen LogP contribution in [-0.2, 0) is 17.9 Å². The molecule has 6 nitrogen and oxygen atoms in total. The van der Waals surface area contributed by atoms with Gasteiger partial charge in [0, 0.05) is 30.4 Å². The van der Waals surface area contributed by atoms with E-state index in [1.54, 1.807) is 6.07 Å². The molecule has 0 unspecified atom stereocenters. The van der Waals surface area contributed by atoms with Gasteiger partial charge in [-0.25, -0.2) is 0 Å². The minimum absolute atomic E-state index is 0.116. The van der Waals surface area contributed by atoms with Crippen molar-refractivity contribution < 1.29 is 14.0 Å². The van der Waals surface area contributed by atoms with Crippen LogP contribution in [0.4, 0.5) is 0 Å². The molecular weight excluding hydrogens is 354 g/mol. The van der Waals surface area contributed by atoms with Crippen LogP contribution >= 0.6 is 0 Å². The van der Waals surface area contributed by atoms with E-state index in [4.69, 9.17) is 4.42 Å². The number of nitrogens with zero attached hydrogens (tertiary/aromatic N) is 2. The van der Waals surface area contributed by atoms with Gasteiger partial charge in [0.2, 0.25) is 5.91 Å². The lowest BCUT2D eigenvalue weighted by Crippen LogP contribution is -2.33. The van der Waals surface area contributed by atoms with Gasteiger partial charge in [0.25, 0.3) is 5.91 Å². The Morgan fingerprint density at radius 1 is 1.29 bits per heavy atom. The Hall–Kier alpha value is -2.50. The van der Waals surface area contributed by atoms with E-state index in [0.717, 1.165) is 43.7 Å². The van der Waals surface area contributed by atoms with Gasteiger partial charge < -0.3 is 19.2 Å². The summed E-state index contributed by atoms with van der Waals surface area (Å²) in [7, 11) is 0. The van der Waals surface area contributed by atoms with E-state index in [2.05, 4.69) is 16.8 Å². The molecule has 1 atom stereocenters. The summed E-state index contributed by atoms with van der Waals surface area (Å²) >= 11 is 0. The second-order valence-corrected chi connectivity index (χ2v) is 7.71. The lowest BCUT2D eigenvalue weighted by atomic mass is 10.2. The first-order valence-corrected chi connectivity index (χ1v) is 10.3. The Bertz CT molecular complexity index is 804. The Morgan fingerprint density at radius 2 is 2.07 bits per heavy atom. The SMILES string of the molecule is CCCN(Cc1cccn1Cc1ccc(C(=O)N[C@@H](C)CC)o1)C(=O)C1CC1. The molecule has 3 rings (SSSR count). The monoisotopic (exact) mass is 385 g/mol. The predicted octanol–water partition coefficient (Wildman–Crippen LogP) is 3.81. The number of carbonyl (C=O) groups excluding carboxylic acids is 2. The van der Waals surface area contributed by atoms with Crippen molar-refractivity contribution in [1.29, 1.82) is 0 Å². The average Bonchev–Trinajstić information content (AvgIpc) is 3.28. The Labute approximate surface area is 166 Å². The van der Waals surface area contributed by atoms with Crippen LogP contribution < -0.4 is 5.32 Å². The summed E-state index contributed by atoms with van der Waals surface area (Å²) in [5, 5.41) is 2.91. The van der Waals surface area contributed by atoms with Gasteiger partial charge in [-0.15, -0.1) is 0 Å². The summed E-state index contributed by atoms with van der Waals surface area (Å²) in [6.07, 6.45) is 5.86. The standard InChI is InChI=1S/C22H31N3O3/c1-4-12-25(22(27)17-8-9-17)14-18-7-6-13-24(18)15-19-10-11-20(28-19)21(26)23-16(3)5-2/h6-7,10-11,13,16-17H,4-5,8-9,12,14-15H2,1-3H3,(H,23,26)/t16-/m0/s1. The van der Waals surface area contributed by atoms with Gasteiger partial charge in [0.15, 0.2) is 5.76 Å². The largest absolute Gasteiger partial charge is 0.454 e. The fraction of sp³-hybridized carbons (Fsp3) is 0.545. The second kappa shape index (κ2) is 9.13. The number of hydrogen-bond donors (Lipinski definition) is 1. The van der Waals surface area contributed by atoms with Crippen LogP contribution in [0.15, 0.2) is 34.9 Å². The molecule has 1 aliphatic rings. The highest BCUT2D eigenvalue weighted by molar-refractivity contribution is 5.91. The number of carbonyl (C=O) groups is 2. The Balaban J connectivity index is 1.65. The third-order valence-electron chi connectivity index (χ3n) is 5.21.